The molecule has 8 heteroatoms. The van der Waals surface area contributed by atoms with E-state index in [4.69, 9.17) is 9.47 Å². The van der Waals surface area contributed by atoms with Gasteiger partial charge in [0.25, 0.3) is 5.91 Å². The Bertz CT molecular complexity index is 1320. The second-order valence-corrected chi connectivity index (χ2v) is 8.81. The Labute approximate surface area is 221 Å². The van der Waals surface area contributed by atoms with Gasteiger partial charge in [-0.1, -0.05) is 78.9 Å². The van der Waals surface area contributed by atoms with Crippen molar-refractivity contribution in [2.24, 2.45) is 0 Å². The number of nitrogens with zero attached hydrogens (tertiary/aromatic N) is 3. The molecule has 194 valence electrons. The number of aryl methyl sites for hydroxylation is 2. The Morgan fingerprint density at radius 1 is 0.842 bits per heavy atom. The molecule has 0 spiro atoms. The molecule has 1 heterocycles. The Balaban J connectivity index is 1.83. The van der Waals surface area contributed by atoms with Crippen LogP contribution in [0.4, 0.5) is 5.69 Å². The van der Waals surface area contributed by atoms with Gasteiger partial charge in [-0.05, 0) is 43.2 Å². The number of aliphatic carboxylic acids is 1. The van der Waals surface area contributed by atoms with Crippen LogP contribution in [0.1, 0.15) is 22.5 Å². The number of amides is 1. The summed E-state index contributed by atoms with van der Waals surface area (Å²) in [5.41, 5.74) is 1.21. The molecule has 0 fully saturated rings. The zero-order valence-electron chi connectivity index (χ0n) is 21.4. The van der Waals surface area contributed by atoms with Crippen molar-refractivity contribution in [1.29, 1.82) is 0 Å². The smallest absolute Gasteiger partial charge is 0.348 e. The molecule has 38 heavy (non-hydrogen) atoms. The number of aromatic nitrogens is 2. The standard InChI is InChI=1S/C30H29N3O5/c1-21-19-22(2)32-29(31-21)38-27(28(35)36)30(23-13-7-4-8-14-23,24-15-9-5-10-16-24)37-20-26(34)33(3)25-17-11-6-12-18-25/h4-19,27H,20H2,1-3H3,(H,35,36). The number of rotatable bonds is 10. The molecule has 4 aromatic rings. The van der Waals surface area contributed by atoms with Gasteiger partial charge in [-0.15, -0.1) is 0 Å². The number of benzene rings is 3. The molecule has 1 amide bonds. The summed E-state index contributed by atoms with van der Waals surface area (Å²) >= 11 is 0. The summed E-state index contributed by atoms with van der Waals surface area (Å²) in [7, 11) is 1.64. The van der Waals surface area contributed by atoms with E-state index >= 15 is 0 Å². The van der Waals surface area contributed by atoms with E-state index < -0.39 is 24.3 Å². The van der Waals surface area contributed by atoms with Crippen LogP contribution in [-0.2, 0) is 19.9 Å². The maximum atomic E-state index is 13.3. The molecule has 0 radical (unpaired) electrons. The van der Waals surface area contributed by atoms with Crippen molar-refractivity contribution in [2.45, 2.75) is 25.6 Å². The van der Waals surface area contributed by atoms with E-state index in [2.05, 4.69) is 9.97 Å². The zero-order valence-corrected chi connectivity index (χ0v) is 21.4. The fraction of sp³-hybridized carbons (Fsp3) is 0.200. The average Bonchev–Trinajstić information content (AvgIpc) is 2.93. The fourth-order valence-corrected chi connectivity index (χ4v) is 4.31. The quantitative estimate of drug-likeness (QED) is 0.333. The first kappa shape index (κ1) is 26.5. The summed E-state index contributed by atoms with van der Waals surface area (Å²) in [6, 6.07) is 28.5. The number of ether oxygens (including phenoxy) is 2. The van der Waals surface area contributed by atoms with Gasteiger partial charge in [0, 0.05) is 24.1 Å². The van der Waals surface area contributed by atoms with Crippen LogP contribution in [0.3, 0.4) is 0 Å². The van der Waals surface area contributed by atoms with Crippen molar-refractivity contribution in [3.8, 4) is 6.01 Å². The minimum Gasteiger partial charge on any atom is -0.478 e. The van der Waals surface area contributed by atoms with E-state index in [-0.39, 0.29) is 11.9 Å². The monoisotopic (exact) mass is 511 g/mol. The third-order valence-electron chi connectivity index (χ3n) is 6.12. The molecular weight excluding hydrogens is 482 g/mol. The number of carboxylic acid groups (broad SMARTS) is 1. The van der Waals surface area contributed by atoms with Crippen molar-refractivity contribution in [3.05, 3.63) is 120 Å². The Kier molecular flexibility index (Phi) is 8.13. The number of carboxylic acids is 1. The van der Waals surface area contributed by atoms with E-state index in [1.54, 1.807) is 87.6 Å². The number of hydrogen-bond acceptors (Lipinski definition) is 6. The Morgan fingerprint density at radius 2 is 1.32 bits per heavy atom. The van der Waals surface area contributed by atoms with Crippen molar-refractivity contribution >= 4 is 17.6 Å². The highest BCUT2D eigenvalue weighted by atomic mass is 16.6. The van der Waals surface area contributed by atoms with Crippen LogP contribution in [0.15, 0.2) is 97.1 Å². The lowest BCUT2D eigenvalue weighted by atomic mass is 9.81. The molecule has 4 rings (SSSR count). The van der Waals surface area contributed by atoms with Crippen molar-refractivity contribution in [2.75, 3.05) is 18.6 Å². The topological polar surface area (TPSA) is 102 Å². The van der Waals surface area contributed by atoms with Gasteiger partial charge >= 0.3 is 12.0 Å². The molecule has 0 aliphatic heterocycles. The van der Waals surface area contributed by atoms with E-state index in [1.165, 1.54) is 4.90 Å². The molecule has 1 N–H and O–H groups in total. The van der Waals surface area contributed by atoms with Gasteiger partial charge in [0.05, 0.1) is 0 Å². The van der Waals surface area contributed by atoms with Gasteiger partial charge < -0.3 is 19.5 Å². The van der Waals surface area contributed by atoms with E-state index in [9.17, 15) is 14.7 Å². The number of carbonyl (C=O) groups excluding carboxylic acids is 1. The van der Waals surface area contributed by atoms with Crippen LogP contribution >= 0.6 is 0 Å². The van der Waals surface area contributed by atoms with E-state index in [0.717, 1.165) is 0 Å². The van der Waals surface area contributed by atoms with Gasteiger partial charge in [0.15, 0.2) is 5.60 Å². The molecule has 1 unspecified atom stereocenters. The fourth-order valence-electron chi connectivity index (χ4n) is 4.31. The Hall–Kier alpha value is -4.56. The van der Waals surface area contributed by atoms with Crippen LogP contribution in [-0.4, -0.2) is 46.7 Å². The molecule has 0 saturated heterocycles. The minimum absolute atomic E-state index is 0.0949. The predicted molar refractivity (Wildman–Crippen MR) is 143 cm³/mol. The maximum absolute atomic E-state index is 13.3. The number of anilines is 1. The molecule has 8 nitrogen and oxygen atoms in total. The summed E-state index contributed by atoms with van der Waals surface area (Å²) in [6.07, 6.45) is -1.64. The second-order valence-electron chi connectivity index (χ2n) is 8.81. The van der Waals surface area contributed by atoms with E-state index in [0.29, 0.717) is 28.2 Å². The molecule has 0 aliphatic carbocycles. The van der Waals surface area contributed by atoms with Gasteiger partial charge in [0.2, 0.25) is 6.10 Å². The second kappa shape index (κ2) is 11.7. The normalized spacial score (nSPS) is 12.0. The summed E-state index contributed by atoms with van der Waals surface area (Å²) in [5.74, 6) is -1.66. The van der Waals surface area contributed by atoms with Crippen molar-refractivity contribution < 1.29 is 24.2 Å². The van der Waals surface area contributed by atoms with Gasteiger partial charge in [-0.3, -0.25) is 4.79 Å². The van der Waals surface area contributed by atoms with Gasteiger partial charge in [-0.2, -0.15) is 0 Å². The van der Waals surface area contributed by atoms with Gasteiger partial charge in [-0.25, -0.2) is 14.8 Å². The number of likely N-dealkylation sites (N-methyl/N-ethyl adjacent to an activating group) is 1. The molecule has 0 bridgehead atoms. The van der Waals surface area contributed by atoms with Crippen molar-refractivity contribution in [1.82, 2.24) is 9.97 Å². The molecule has 1 aromatic heterocycles. The molecule has 0 aliphatic rings. The third kappa shape index (κ3) is 5.71. The first-order valence-corrected chi connectivity index (χ1v) is 12.1. The lowest BCUT2D eigenvalue weighted by molar-refractivity contribution is -0.166. The van der Waals surface area contributed by atoms with Crippen LogP contribution in [0.2, 0.25) is 0 Å². The summed E-state index contributed by atoms with van der Waals surface area (Å²) < 4.78 is 12.4. The summed E-state index contributed by atoms with van der Waals surface area (Å²) in [4.78, 5) is 36.2. The van der Waals surface area contributed by atoms with Gasteiger partial charge in [0.1, 0.15) is 6.61 Å². The lowest BCUT2D eigenvalue weighted by Crippen LogP contribution is -2.52. The van der Waals surface area contributed by atoms with Crippen LogP contribution in [0.5, 0.6) is 6.01 Å². The number of hydrogen-bond donors (Lipinski definition) is 1. The lowest BCUT2D eigenvalue weighted by Gasteiger charge is -2.39. The molecular formula is C30H29N3O5. The zero-order chi connectivity index (χ0) is 27.1. The third-order valence-corrected chi connectivity index (χ3v) is 6.12. The first-order valence-electron chi connectivity index (χ1n) is 12.1. The highest BCUT2D eigenvalue weighted by Gasteiger charge is 2.50. The van der Waals surface area contributed by atoms with Crippen molar-refractivity contribution in [3.63, 3.8) is 0 Å². The number of carbonyl (C=O) groups is 2. The van der Waals surface area contributed by atoms with Crippen LogP contribution < -0.4 is 9.64 Å². The first-order chi connectivity index (χ1) is 18.3. The van der Waals surface area contributed by atoms with Crippen LogP contribution in [0, 0.1) is 13.8 Å². The SMILES string of the molecule is Cc1cc(C)nc(OC(C(=O)O)C(OCC(=O)N(C)c2ccccc2)(c2ccccc2)c2ccccc2)n1. The molecule has 3 aromatic carbocycles. The van der Waals surface area contributed by atoms with E-state index in [1.807, 2.05) is 30.3 Å². The largest absolute Gasteiger partial charge is 0.478 e. The van der Waals surface area contributed by atoms with Crippen LogP contribution in [0.25, 0.3) is 0 Å². The molecule has 1 atom stereocenters. The highest BCUT2D eigenvalue weighted by molar-refractivity contribution is 5.93. The maximum Gasteiger partial charge on any atom is 0.348 e. The molecule has 0 saturated carbocycles. The summed E-state index contributed by atoms with van der Waals surface area (Å²) in [6.45, 7) is 3.12. The minimum atomic E-state index is -1.72. The average molecular weight is 512 g/mol. The predicted octanol–water partition coefficient (Wildman–Crippen LogP) is 4.55. The highest BCUT2D eigenvalue weighted by Crippen LogP contribution is 2.39. The Morgan fingerprint density at radius 3 is 1.79 bits per heavy atom. The summed E-state index contributed by atoms with van der Waals surface area (Å²) in [5, 5.41) is 10.5. The number of para-hydroxylation sites is 1.